The Morgan fingerprint density at radius 1 is 1.04 bits per heavy atom. The molecule has 2 heterocycles. The number of benzene rings is 2. The number of hydrogen-bond donors (Lipinski definition) is 0. The molecule has 0 radical (unpaired) electrons. The highest BCUT2D eigenvalue weighted by atomic mass is 32.2. The van der Waals surface area contributed by atoms with Crippen molar-refractivity contribution in [2.75, 3.05) is 0 Å². The standard InChI is InChI=1S/C20H20N4OS/c1-12-9-13(2)16(14(3)10-12)11-26-20-22-21-19-23(4)18(25)15-7-5-6-8-17(15)24(19)20/h5-10H,11H2,1-4H3. The van der Waals surface area contributed by atoms with Crippen LogP contribution in [0.3, 0.4) is 0 Å². The Morgan fingerprint density at radius 2 is 1.73 bits per heavy atom. The third-order valence-corrected chi connectivity index (χ3v) is 5.74. The number of fused-ring (bicyclic) bond motifs is 3. The summed E-state index contributed by atoms with van der Waals surface area (Å²) in [5, 5.41) is 10.1. The van der Waals surface area contributed by atoms with Crippen LogP contribution >= 0.6 is 11.8 Å². The predicted octanol–water partition coefficient (Wildman–Crippen LogP) is 3.80. The second kappa shape index (κ2) is 6.29. The highest BCUT2D eigenvalue weighted by Crippen LogP contribution is 2.27. The van der Waals surface area contributed by atoms with Gasteiger partial charge in [-0.2, -0.15) is 0 Å². The molecule has 4 aromatic rings. The molecule has 0 bridgehead atoms. The second-order valence-corrected chi connectivity index (χ2v) is 7.61. The molecule has 0 aliphatic carbocycles. The van der Waals surface area contributed by atoms with Crippen molar-refractivity contribution in [3.63, 3.8) is 0 Å². The molecule has 0 fully saturated rings. The van der Waals surface area contributed by atoms with Gasteiger partial charge in [0, 0.05) is 12.8 Å². The molecule has 0 amide bonds. The smallest absolute Gasteiger partial charge is 0.262 e. The van der Waals surface area contributed by atoms with Crippen molar-refractivity contribution in [1.82, 2.24) is 19.2 Å². The molecule has 4 rings (SSSR count). The topological polar surface area (TPSA) is 52.2 Å². The molecule has 0 saturated heterocycles. The quantitative estimate of drug-likeness (QED) is 0.519. The zero-order valence-corrected chi connectivity index (χ0v) is 16.1. The monoisotopic (exact) mass is 364 g/mol. The van der Waals surface area contributed by atoms with E-state index in [-0.39, 0.29) is 5.56 Å². The van der Waals surface area contributed by atoms with Crippen molar-refractivity contribution >= 4 is 28.4 Å². The Balaban J connectivity index is 1.83. The van der Waals surface area contributed by atoms with E-state index in [0.717, 1.165) is 16.4 Å². The third kappa shape index (κ3) is 2.61. The van der Waals surface area contributed by atoms with Gasteiger partial charge in [-0.05, 0) is 49.6 Å². The minimum absolute atomic E-state index is 0.0535. The molecule has 2 aromatic heterocycles. The van der Waals surface area contributed by atoms with Gasteiger partial charge in [0.05, 0.1) is 10.9 Å². The van der Waals surface area contributed by atoms with E-state index in [1.807, 2.05) is 28.7 Å². The molecule has 2 aromatic carbocycles. The van der Waals surface area contributed by atoms with E-state index in [9.17, 15) is 4.79 Å². The first-order valence-electron chi connectivity index (χ1n) is 8.49. The number of para-hydroxylation sites is 1. The van der Waals surface area contributed by atoms with Gasteiger partial charge in [-0.3, -0.25) is 13.8 Å². The molecule has 0 aliphatic heterocycles. The van der Waals surface area contributed by atoms with Crippen molar-refractivity contribution < 1.29 is 0 Å². The van der Waals surface area contributed by atoms with Gasteiger partial charge >= 0.3 is 0 Å². The van der Waals surface area contributed by atoms with Crippen LogP contribution in [0.4, 0.5) is 0 Å². The van der Waals surface area contributed by atoms with E-state index in [1.165, 1.54) is 22.3 Å². The zero-order valence-electron chi connectivity index (χ0n) is 15.3. The van der Waals surface area contributed by atoms with Gasteiger partial charge in [0.25, 0.3) is 5.56 Å². The lowest BCUT2D eigenvalue weighted by molar-refractivity contribution is 0.853. The highest BCUT2D eigenvalue weighted by molar-refractivity contribution is 7.98. The fourth-order valence-electron chi connectivity index (χ4n) is 3.48. The molecule has 6 heteroatoms. The lowest BCUT2D eigenvalue weighted by Gasteiger charge is -2.11. The normalized spacial score (nSPS) is 11.5. The maximum atomic E-state index is 12.5. The summed E-state index contributed by atoms with van der Waals surface area (Å²) in [5.41, 5.74) is 5.98. The summed E-state index contributed by atoms with van der Waals surface area (Å²) in [6.45, 7) is 6.42. The number of aromatic nitrogens is 4. The Kier molecular flexibility index (Phi) is 4.07. The van der Waals surface area contributed by atoms with Crippen LogP contribution in [0.25, 0.3) is 16.7 Å². The van der Waals surface area contributed by atoms with Crippen LogP contribution in [-0.4, -0.2) is 19.2 Å². The molecule has 0 spiro atoms. The highest BCUT2D eigenvalue weighted by Gasteiger charge is 2.15. The first kappa shape index (κ1) is 16.8. The first-order valence-corrected chi connectivity index (χ1v) is 9.48. The van der Waals surface area contributed by atoms with E-state index in [2.05, 4.69) is 43.1 Å². The molecule has 0 N–H and O–H groups in total. The Hall–Kier alpha value is -2.60. The van der Waals surface area contributed by atoms with E-state index in [1.54, 1.807) is 23.4 Å². The summed E-state index contributed by atoms with van der Waals surface area (Å²) in [4.78, 5) is 12.5. The number of aryl methyl sites for hydroxylation is 4. The van der Waals surface area contributed by atoms with Gasteiger partial charge in [0.2, 0.25) is 5.78 Å². The first-order chi connectivity index (χ1) is 12.5. The summed E-state index contributed by atoms with van der Waals surface area (Å²) < 4.78 is 3.53. The van der Waals surface area contributed by atoms with Crippen LogP contribution in [0.2, 0.25) is 0 Å². The van der Waals surface area contributed by atoms with Crippen molar-refractivity contribution in [2.45, 2.75) is 31.7 Å². The molecule has 0 atom stereocenters. The van der Waals surface area contributed by atoms with E-state index in [0.29, 0.717) is 11.2 Å². The molecular weight excluding hydrogens is 344 g/mol. The maximum absolute atomic E-state index is 12.5. The Labute approximate surface area is 155 Å². The van der Waals surface area contributed by atoms with Crippen molar-refractivity contribution in [3.8, 4) is 0 Å². The van der Waals surface area contributed by atoms with Gasteiger partial charge in [-0.1, -0.05) is 41.6 Å². The van der Waals surface area contributed by atoms with Crippen LogP contribution in [0.15, 0.2) is 46.3 Å². The number of hydrogen-bond acceptors (Lipinski definition) is 4. The van der Waals surface area contributed by atoms with E-state index in [4.69, 9.17) is 0 Å². The van der Waals surface area contributed by atoms with Crippen molar-refractivity contribution in [3.05, 3.63) is 69.0 Å². The molecular formula is C20H20N4OS. The van der Waals surface area contributed by atoms with Gasteiger partial charge in [-0.15, -0.1) is 10.2 Å². The molecule has 0 unspecified atom stereocenters. The molecule has 0 aliphatic rings. The molecule has 0 saturated carbocycles. The SMILES string of the molecule is Cc1cc(C)c(CSc2nnc3n(C)c(=O)c4ccccc4n23)c(C)c1. The van der Waals surface area contributed by atoms with Gasteiger partial charge < -0.3 is 0 Å². The summed E-state index contributed by atoms with van der Waals surface area (Å²) in [6.07, 6.45) is 0. The second-order valence-electron chi connectivity index (χ2n) is 6.67. The fourth-order valence-corrected chi connectivity index (χ4v) is 4.62. The number of thioether (sulfide) groups is 1. The number of nitrogens with zero attached hydrogens (tertiary/aromatic N) is 4. The summed E-state index contributed by atoms with van der Waals surface area (Å²) in [6, 6.07) is 12.0. The van der Waals surface area contributed by atoms with E-state index >= 15 is 0 Å². The maximum Gasteiger partial charge on any atom is 0.262 e. The van der Waals surface area contributed by atoms with Crippen LogP contribution in [0, 0.1) is 20.8 Å². The number of rotatable bonds is 3. The lowest BCUT2D eigenvalue weighted by Crippen LogP contribution is -2.20. The van der Waals surface area contributed by atoms with E-state index < -0.39 is 0 Å². The zero-order chi connectivity index (χ0) is 18.4. The molecule has 132 valence electrons. The average Bonchev–Trinajstić information content (AvgIpc) is 3.03. The van der Waals surface area contributed by atoms with Crippen LogP contribution < -0.4 is 5.56 Å². The predicted molar refractivity (Wildman–Crippen MR) is 106 cm³/mol. The lowest BCUT2D eigenvalue weighted by atomic mass is 10.0. The third-order valence-electron chi connectivity index (χ3n) is 4.78. The van der Waals surface area contributed by atoms with Crippen LogP contribution in [-0.2, 0) is 12.8 Å². The Bertz CT molecular complexity index is 1180. The van der Waals surface area contributed by atoms with Gasteiger partial charge in [0.1, 0.15) is 0 Å². The van der Waals surface area contributed by atoms with Gasteiger partial charge in [-0.25, -0.2) is 0 Å². The van der Waals surface area contributed by atoms with Crippen LogP contribution in [0.1, 0.15) is 22.3 Å². The summed E-state index contributed by atoms with van der Waals surface area (Å²) in [5.74, 6) is 1.38. The summed E-state index contributed by atoms with van der Waals surface area (Å²) in [7, 11) is 1.74. The largest absolute Gasteiger partial charge is 0.279 e. The van der Waals surface area contributed by atoms with Crippen LogP contribution in [0.5, 0.6) is 0 Å². The Morgan fingerprint density at radius 3 is 2.46 bits per heavy atom. The minimum Gasteiger partial charge on any atom is -0.279 e. The summed E-state index contributed by atoms with van der Waals surface area (Å²) >= 11 is 1.65. The van der Waals surface area contributed by atoms with Gasteiger partial charge in [0.15, 0.2) is 5.16 Å². The fraction of sp³-hybridized carbons (Fsp3) is 0.250. The van der Waals surface area contributed by atoms with Crippen molar-refractivity contribution in [1.29, 1.82) is 0 Å². The van der Waals surface area contributed by atoms with Crippen molar-refractivity contribution in [2.24, 2.45) is 7.05 Å². The minimum atomic E-state index is -0.0535. The molecule has 26 heavy (non-hydrogen) atoms. The average molecular weight is 364 g/mol. The molecule has 5 nitrogen and oxygen atoms in total.